The highest BCUT2D eigenvalue weighted by atomic mass is 35.5. The SMILES string of the molecule is CC1CCC(OC(CN)c2ccc(Cl)cc2)CC1C. The summed E-state index contributed by atoms with van der Waals surface area (Å²) in [5, 5.41) is 0.750. The van der Waals surface area contributed by atoms with Crippen molar-refractivity contribution in [2.24, 2.45) is 17.6 Å². The molecule has 1 aliphatic rings. The molecule has 2 nitrogen and oxygen atoms in total. The van der Waals surface area contributed by atoms with Crippen molar-refractivity contribution in [3.05, 3.63) is 34.9 Å². The van der Waals surface area contributed by atoms with Gasteiger partial charge in [0.1, 0.15) is 0 Å². The molecule has 19 heavy (non-hydrogen) atoms. The lowest BCUT2D eigenvalue weighted by Gasteiger charge is -2.34. The van der Waals surface area contributed by atoms with E-state index in [9.17, 15) is 0 Å². The Hall–Kier alpha value is -0.570. The molecule has 0 amide bonds. The van der Waals surface area contributed by atoms with Crippen LogP contribution >= 0.6 is 11.6 Å². The van der Waals surface area contributed by atoms with Gasteiger partial charge in [-0.25, -0.2) is 0 Å². The van der Waals surface area contributed by atoms with Crippen molar-refractivity contribution in [1.82, 2.24) is 0 Å². The lowest BCUT2D eigenvalue weighted by atomic mass is 9.80. The lowest BCUT2D eigenvalue weighted by molar-refractivity contribution is -0.0448. The van der Waals surface area contributed by atoms with Gasteiger partial charge in [-0.1, -0.05) is 37.6 Å². The fourth-order valence-electron chi connectivity index (χ4n) is 2.80. The van der Waals surface area contributed by atoms with Crippen molar-refractivity contribution < 1.29 is 4.74 Å². The van der Waals surface area contributed by atoms with Crippen molar-refractivity contribution in [3.63, 3.8) is 0 Å². The van der Waals surface area contributed by atoms with Crippen molar-refractivity contribution in [2.75, 3.05) is 6.54 Å². The van der Waals surface area contributed by atoms with E-state index in [2.05, 4.69) is 13.8 Å². The Labute approximate surface area is 121 Å². The first-order valence-electron chi connectivity index (χ1n) is 7.21. The molecule has 4 unspecified atom stereocenters. The minimum atomic E-state index is -0.0112. The van der Waals surface area contributed by atoms with E-state index < -0.39 is 0 Å². The van der Waals surface area contributed by atoms with E-state index in [1.807, 2.05) is 24.3 Å². The zero-order valence-corrected chi connectivity index (χ0v) is 12.6. The molecule has 0 spiro atoms. The van der Waals surface area contributed by atoms with Crippen LogP contribution in [-0.4, -0.2) is 12.6 Å². The third-order valence-electron chi connectivity index (χ3n) is 4.36. The van der Waals surface area contributed by atoms with Crippen LogP contribution in [0.3, 0.4) is 0 Å². The Kier molecular flexibility index (Phi) is 5.26. The van der Waals surface area contributed by atoms with E-state index in [0.29, 0.717) is 12.6 Å². The average molecular weight is 282 g/mol. The van der Waals surface area contributed by atoms with Crippen LogP contribution in [0, 0.1) is 11.8 Å². The van der Waals surface area contributed by atoms with Crippen molar-refractivity contribution in [2.45, 2.75) is 45.3 Å². The van der Waals surface area contributed by atoms with E-state index in [0.717, 1.165) is 35.3 Å². The molecular formula is C16H24ClNO. The normalized spacial score (nSPS) is 29.2. The summed E-state index contributed by atoms with van der Waals surface area (Å²) in [6.45, 7) is 5.17. The highest BCUT2D eigenvalue weighted by molar-refractivity contribution is 6.30. The fraction of sp³-hybridized carbons (Fsp3) is 0.625. The molecule has 0 bridgehead atoms. The summed E-state index contributed by atoms with van der Waals surface area (Å²) in [5.41, 5.74) is 6.99. The number of rotatable bonds is 4. The fourth-order valence-corrected chi connectivity index (χ4v) is 2.93. The quantitative estimate of drug-likeness (QED) is 0.898. The van der Waals surface area contributed by atoms with Gasteiger partial charge in [-0.15, -0.1) is 0 Å². The van der Waals surface area contributed by atoms with E-state index >= 15 is 0 Å². The van der Waals surface area contributed by atoms with Crippen molar-refractivity contribution >= 4 is 11.6 Å². The molecule has 1 fully saturated rings. The first kappa shape index (κ1) is 14.8. The van der Waals surface area contributed by atoms with Crippen LogP contribution < -0.4 is 5.73 Å². The van der Waals surface area contributed by atoms with E-state index in [-0.39, 0.29) is 6.10 Å². The molecule has 0 aliphatic heterocycles. The van der Waals surface area contributed by atoms with E-state index in [1.54, 1.807) is 0 Å². The standard InChI is InChI=1S/C16H24ClNO/c1-11-3-8-15(9-12(11)2)19-16(10-18)13-4-6-14(17)7-5-13/h4-7,11-12,15-16H,3,8-10,18H2,1-2H3. The number of hydrogen-bond donors (Lipinski definition) is 1. The maximum atomic E-state index is 6.22. The molecule has 1 aromatic carbocycles. The molecule has 0 saturated heterocycles. The molecule has 2 N–H and O–H groups in total. The molecular weight excluding hydrogens is 258 g/mol. The Morgan fingerprint density at radius 1 is 1.21 bits per heavy atom. The van der Waals surface area contributed by atoms with Crippen molar-refractivity contribution in [3.8, 4) is 0 Å². The number of halogens is 1. The minimum absolute atomic E-state index is 0.0112. The largest absolute Gasteiger partial charge is 0.369 e. The minimum Gasteiger partial charge on any atom is -0.369 e. The second-order valence-corrected chi connectivity index (χ2v) is 6.24. The Morgan fingerprint density at radius 2 is 1.89 bits per heavy atom. The summed E-state index contributed by atoms with van der Waals surface area (Å²) < 4.78 is 6.22. The van der Waals surface area contributed by atoms with Crippen LogP contribution in [0.2, 0.25) is 5.02 Å². The number of ether oxygens (including phenoxy) is 1. The van der Waals surface area contributed by atoms with Crippen molar-refractivity contribution in [1.29, 1.82) is 0 Å². The van der Waals surface area contributed by atoms with E-state index in [4.69, 9.17) is 22.1 Å². The van der Waals surface area contributed by atoms with Crippen LogP contribution in [0.4, 0.5) is 0 Å². The first-order chi connectivity index (χ1) is 9.10. The number of nitrogens with two attached hydrogens (primary N) is 1. The third kappa shape index (κ3) is 3.95. The van der Waals surface area contributed by atoms with Gasteiger partial charge in [-0.2, -0.15) is 0 Å². The zero-order chi connectivity index (χ0) is 13.8. The lowest BCUT2D eigenvalue weighted by Crippen LogP contribution is -2.30. The summed E-state index contributed by atoms with van der Waals surface area (Å²) in [7, 11) is 0. The first-order valence-corrected chi connectivity index (χ1v) is 7.59. The summed E-state index contributed by atoms with van der Waals surface area (Å²) in [4.78, 5) is 0. The van der Waals surface area contributed by atoms with Gasteiger partial charge >= 0.3 is 0 Å². The summed E-state index contributed by atoms with van der Waals surface area (Å²) in [6, 6.07) is 7.81. The molecule has 0 radical (unpaired) electrons. The van der Waals surface area contributed by atoms with Gasteiger partial charge in [0.25, 0.3) is 0 Å². The van der Waals surface area contributed by atoms with Crippen LogP contribution in [-0.2, 0) is 4.74 Å². The topological polar surface area (TPSA) is 35.2 Å². The Balaban J connectivity index is 1.97. The smallest absolute Gasteiger partial charge is 0.0950 e. The molecule has 0 heterocycles. The van der Waals surface area contributed by atoms with Crippen LogP contribution in [0.15, 0.2) is 24.3 Å². The Bertz CT molecular complexity index is 392. The second kappa shape index (κ2) is 6.74. The van der Waals surface area contributed by atoms with Crippen LogP contribution in [0.25, 0.3) is 0 Å². The Morgan fingerprint density at radius 3 is 2.47 bits per heavy atom. The monoisotopic (exact) mass is 281 g/mol. The molecule has 0 aromatic heterocycles. The summed E-state index contributed by atoms with van der Waals surface area (Å²) in [5.74, 6) is 1.55. The molecule has 2 rings (SSSR count). The maximum absolute atomic E-state index is 6.22. The van der Waals surface area contributed by atoms with E-state index in [1.165, 1.54) is 6.42 Å². The van der Waals surface area contributed by atoms with Gasteiger partial charge in [-0.3, -0.25) is 0 Å². The van der Waals surface area contributed by atoms with Crippen LogP contribution in [0.1, 0.15) is 44.8 Å². The number of benzene rings is 1. The molecule has 1 aliphatic carbocycles. The van der Waals surface area contributed by atoms with Gasteiger partial charge in [0.05, 0.1) is 12.2 Å². The van der Waals surface area contributed by atoms with Crippen LogP contribution in [0.5, 0.6) is 0 Å². The second-order valence-electron chi connectivity index (χ2n) is 5.80. The van der Waals surface area contributed by atoms with Gasteiger partial charge in [-0.05, 0) is 48.8 Å². The maximum Gasteiger partial charge on any atom is 0.0950 e. The highest BCUT2D eigenvalue weighted by Gasteiger charge is 2.27. The number of hydrogen-bond acceptors (Lipinski definition) is 2. The van der Waals surface area contributed by atoms with Gasteiger partial charge in [0.15, 0.2) is 0 Å². The molecule has 4 atom stereocenters. The van der Waals surface area contributed by atoms with Gasteiger partial charge < -0.3 is 10.5 Å². The third-order valence-corrected chi connectivity index (χ3v) is 4.61. The summed E-state index contributed by atoms with van der Waals surface area (Å²) >= 11 is 5.91. The molecule has 1 aromatic rings. The summed E-state index contributed by atoms with van der Waals surface area (Å²) in [6.07, 6.45) is 3.88. The van der Waals surface area contributed by atoms with Gasteiger partial charge in [0, 0.05) is 11.6 Å². The van der Waals surface area contributed by atoms with Gasteiger partial charge in [0.2, 0.25) is 0 Å². The zero-order valence-electron chi connectivity index (χ0n) is 11.8. The highest BCUT2D eigenvalue weighted by Crippen LogP contribution is 2.33. The molecule has 106 valence electrons. The molecule has 3 heteroatoms. The molecule has 1 saturated carbocycles. The predicted octanol–water partition coefficient (Wildman–Crippen LogP) is 4.18. The predicted molar refractivity (Wildman–Crippen MR) is 80.3 cm³/mol. The average Bonchev–Trinajstić information content (AvgIpc) is 2.41.